The summed E-state index contributed by atoms with van der Waals surface area (Å²) in [6, 6.07) is 16.3. The summed E-state index contributed by atoms with van der Waals surface area (Å²) in [4.78, 5) is 11.3. The molecule has 0 heterocycles. The van der Waals surface area contributed by atoms with Crippen molar-refractivity contribution in [2.75, 3.05) is 13.6 Å². The van der Waals surface area contributed by atoms with Crippen molar-refractivity contribution in [1.82, 2.24) is 10.6 Å². The molecule has 3 nitrogen and oxygen atoms in total. The van der Waals surface area contributed by atoms with E-state index in [0.29, 0.717) is 13.0 Å². The minimum Gasteiger partial charge on any atom is -0.359 e. The van der Waals surface area contributed by atoms with Gasteiger partial charge in [-0.3, -0.25) is 4.79 Å². The molecule has 0 spiro atoms. The van der Waals surface area contributed by atoms with Gasteiger partial charge in [0.05, 0.1) is 6.04 Å². The van der Waals surface area contributed by atoms with Crippen LogP contribution < -0.4 is 10.6 Å². The second kappa shape index (κ2) is 7.55. The van der Waals surface area contributed by atoms with Crippen LogP contribution in [0.4, 0.5) is 4.39 Å². The lowest BCUT2D eigenvalue weighted by atomic mass is 9.98. The number of rotatable bonds is 6. The summed E-state index contributed by atoms with van der Waals surface area (Å²) < 4.78 is 13.1. The molecule has 0 aliphatic heterocycles. The largest absolute Gasteiger partial charge is 0.359 e. The van der Waals surface area contributed by atoms with Crippen molar-refractivity contribution in [1.29, 1.82) is 0 Å². The molecule has 0 aliphatic rings. The van der Waals surface area contributed by atoms with E-state index in [1.165, 1.54) is 12.1 Å². The van der Waals surface area contributed by atoms with Gasteiger partial charge in [-0.2, -0.15) is 0 Å². The molecule has 2 aromatic rings. The minimum atomic E-state index is -0.254. The highest BCUT2D eigenvalue weighted by Gasteiger charge is 2.13. The Hall–Kier alpha value is -2.20. The Balaban J connectivity index is 2.15. The maximum atomic E-state index is 13.1. The lowest BCUT2D eigenvalue weighted by Gasteiger charge is -2.19. The van der Waals surface area contributed by atoms with Crippen molar-refractivity contribution in [2.45, 2.75) is 12.5 Å². The third kappa shape index (κ3) is 4.39. The van der Waals surface area contributed by atoms with Crippen molar-refractivity contribution < 1.29 is 9.18 Å². The van der Waals surface area contributed by atoms with E-state index in [0.717, 1.165) is 11.1 Å². The number of carbonyl (C=O) groups is 1. The summed E-state index contributed by atoms with van der Waals surface area (Å²) >= 11 is 0. The number of carbonyl (C=O) groups excluding carboxylic acids is 1. The molecule has 2 rings (SSSR count). The molecule has 0 fully saturated rings. The van der Waals surface area contributed by atoms with E-state index in [2.05, 4.69) is 10.6 Å². The first kappa shape index (κ1) is 15.2. The van der Waals surface area contributed by atoms with Crippen LogP contribution in [0, 0.1) is 5.82 Å². The monoisotopic (exact) mass is 286 g/mol. The molecule has 4 heteroatoms. The van der Waals surface area contributed by atoms with E-state index in [9.17, 15) is 9.18 Å². The Kier molecular flexibility index (Phi) is 5.46. The van der Waals surface area contributed by atoms with Crippen molar-refractivity contribution in [3.8, 4) is 0 Å². The maximum Gasteiger partial charge on any atom is 0.221 e. The van der Waals surface area contributed by atoms with E-state index in [-0.39, 0.29) is 17.8 Å². The molecule has 2 aromatic carbocycles. The molecule has 0 bridgehead atoms. The van der Waals surface area contributed by atoms with Gasteiger partial charge in [-0.25, -0.2) is 4.39 Å². The third-order valence-corrected chi connectivity index (χ3v) is 3.32. The Labute approximate surface area is 124 Å². The standard InChI is InChI=1S/C17H19FN2O/c1-19-16(21)11-12-20-17(13-5-3-2-4-6-13)14-7-9-15(18)10-8-14/h2-10,17,20H,11-12H2,1H3,(H,19,21). The van der Waals surface area contributed by atoms with E-state index in [1.54, 1.807) is 19.2 Å². The SMILES string of the molecule is CNC(=O)CCNC(c1ccccc1)c1ccc(F)cc1. The predicted molar refractivity (Wildman–Crippen MR) is 81.4 cm³/mol. The Bertz CT molecular complexity index is 569. The molecule has 0 aromatic heterocycles. The smallest absolute Gasteiger partial charge is 0.221 e. The van der Waals surface area contributed by atoms with Crippen LogP contribution in [-0.4, -0.2) is 19.5 Å². The first-order valence-corrected chi connectivity index (χ1v) is 6.95. The Morgan fingerprint density at radius 1 is 1.05 bits per heavy atom. The zero-order valence-electron chi connectivity index (χ0n) is 12.0. The van der Waals surface area contributed by atoms with E-state index < -0.39 is 0 Å². The molecule has 1 unspecified atom stereocenters. The van der Waals surface area contributed by atoms with Crippen LogP contribution in [0.25, 0.3) is 0 Å². The Morgan fingerprint density at radius 3 is 2.29 bits per heavy atom. The molecule has 0 radical (unpaired) electrons. The fourth-order valence-electron chi connectivity index (χ4n) is 2.18. The van der Waals surface area contributed by atoms with Crippen LogP contribution in [0.3, 0.4) is 0 Å². The van der Waals surface area contributed by atoms with Crippen molar-refractivity contribution in [2.24, 2.45) is 0 Å². The van der Waals surface area contributed by atoms with Crippen LogP contribution in [0.1, 0.15) is 23.6 Å². The summed E-state index contributed by atoms with van der Waals surface area (Å²) in [7, 11) is 1.62. The highest BCUT2D eigenvalue weighted by molar-refractivity contribution is 5.75. The van der Waals surface area contributed by atoms with Gasteiger partial charge in [0.15, 0.2) is 0 Å². The van der Waals surface area contributed by atoms with Gasteiger partial charge in [0.25, 0.3) is 0 Å². The molecular weight excluding hydrogens is 267 g/mol. The topological polar surface area (TPSA) is 41.1 Å². The zero-order chi connectivity index (χ0) is 15.1. The second-order valence-electron chi connectivity index (χ2n) is 4.77. The fraction of sp³-hybridized carbons (Fsp3) is 0.235. The summed E-state index contributed by atoms with van der Waals surface area (Å²) in [5.74, 6) is -0.260. The van der Waals surface area contributed by atoms with Gasteiger partial charge < -0.3 is 10.6 Å². The van der Waals surface area contributed by atoms with Crippen molar-refractivity contribution >= 4 is 5.91 Å². The Morgan fingerprint density at radius 2 is 1.67 bits per heavy atom. The summed E-state index contributed by atoms with van der Waals surface area (Å²) in [5, 5.41) is 5.95. The predicted octanol–water partition coefficient (Wildman–Crippen LogP) is 2.64. The second-order valence-corrected chi connectivity index (χ2v) is 4.77. The van der Waals surface area contributed by atoms with Crippen molar-refractivity contribution in [3.63, 3.8) is 0 Å². The molecule has 21 heavy (non-hydrogen) atoms. The first-order chi connectivity index (χ1) is 10.2. The molecule has 110 valence electrons. The minimum absolute atomic E-state index is 0.00609. The average molecular weight is 286 g/mol. The number of hydrogen-bond acceptors (Lipinski definition) is 2. The first-order valence-electron chi connectivity index (χ1n) is 6.95. The number of halogens is 1. The number of amides is 1. The third-order valence-electron chi connectivity index (χ3n) is 3.32. The van der Waals surface area contributed by atoms with Crippen LogP contribution >= 0.6 is 0 Å². The molecule has 1 atom stereocenters. The van der Waals surface area contributed by atoms with E-state index >= 15 is 0 Å². The molecule has 0 aliphatic carbocycles. The van der Waals surface area contributed by atoms with Gasteiger partial charge in [0.2, 0.25) is 5.91 Å². The van der Waals surface area contributed by atoms with Gasteiger partial charge in [0, 0.05) is 20.0 Å². The zero-order valence-corrected chi connectivity index (χ0v) is 12.0. The van der Waals surface area contributed by atoms with Gasteiger partial charge in [0.1, 0.15) is 5.82 Å². The van der Waals surface area contributed by atoms with Gasteiger partial charge in [-0.1, -0.05) is 42.5 Å². The lowest BCUT2D eigenvalue weighted by Crippen LogP contribution is -2.28. The van der Waals surface area contributed by atoms with Crippen LogP contribution in [-0.2, 0) is 4.79 Å². The van der Waals surface area contributed by atoms with Crippen LogP contribution in [0.2, 0.25) is 0 Å². The van der Waals surface area contributed by atoms with Gasteiger partial charge in [-0.15, -0.1) is 0 Å². The lowest BCUT2D eigenvalue weighted by molar-refractivity contribution is -0.120. The molecule has 0 saturated carbocycles. The summed E-state index contributed by atoms with van der Waals surface area (Å²) in [6.07, 6.45) is 0.404. The van der Waals surface area contributed by atoms with Gasteiger partial charge in [-0.05, 0) is 23.3 Å². The van der Waals surface area contributed by atoms with E-state index in [4.69, 9.17) is 0 Å². The van der Waals surface area contributed by atoms with Crippen LogP contribution in [0.5, 0.6) is 0 Å². The van der Waals surface area contributed by atoms with E-state index in [1.807, 2.05) is 30.3 Å². The highest BCUT2D eigenvalue weighted by Crippen LogP contribution is 2.22. The van der Waals surface area contributed by atoms with Gasteiger partial charge >= 0.3 is 0 Å². The molecular formula is C17H19FN2O. The van der Waals surface area contributed by atoms with Crippen LogP contribution in [0.15, 0.2) is 54.6 Å². The maximum absolute atomic E-state index is 13.1. The molecule has 1 amide bonds. The number of nitrogens with one attached hydrogen (secondary N) is 2. The molecule has 2 N–H and O–H groups in total. The summed E-state index contributed by atoms with van der Waals surface area (Å²) in [5.41, 5.74) is 2.06. The highest BCUT2D eigenvalue weighted by atomic mass is 19.1. The number of benzene rings is 2. The number of hydrogen-bond donors (Lipinski definition) is 2. The normalized spacial score (nSPS) is 11.9. The quantitative estimate of drug-likeness (QED) is 0.857. The van der Waals surface area contributed by atoms with Crippen molar-refractivity contribution in [3.05, 3.63) is 71.5 Å². The summed E-state index contributed by atoms with van der Waals surface area (Å²) in [6.45, 7) is 0.552. The average Bonchev–Trinajstić information content (AvgIpc) is 2.53. The molecule has 0 saturated heterocycles. The fourth-order valence-corrected chi connectivity index (χ4v) is 2.18.